The van der Waals surface area contributed by atoms with E-state index in [4.69, 9.17) is 0 Å². The first kappa shape index (κ1) is 22.4. The number of hydrogen-bond acceptors (Lipinski definition) is 4. The molecule has 0 aliphatic heterocycles. The highest BCUT2D eigenvalue weighted by atomic mass is 32.2. The summed E-state index contributed by atoms with van der Waals surface area (Å²) < 4.78 is 25.8. The molecule has 3 aromatic rings. The summed E-state index contributed by atoms with van der Waals surface area (Å²) in [5.41, 5.74) is 3.04. The van der Waals surface area contributed by atoms with Crippen molar-refractivity contribution in [2.75, 3.05) is 35.6 Å². The number of amides is 1. The molecule has 31 heavy (non-hydrogen) atoms. The first-order valence-corrected chi connectivity index (χ1v) is 11.9. The van der Waals surface area contributed by atoms with E-state index < -0.39 is 10.0 Å². The zero-order valence-electron chi connectivity index (χ0n) is 17.7. The van der Waals surface area contributed by atoms with Crippen molar-refractivity contribution in [3.63, 3.8) is 0 Å². The topological polar surface area (TPSA) is 69.7 Å². The number of benzene rings is 3. The van der Waals surface area contributed by atoms with E-state index in [9.17, 15) is 13.2 Å². The Morgan fingerprint density at radius 3 is 1.94 bits per heavy atom. The summed E-state index contributed by atoms with van der Waals surface area (Å²) in [5, 5.41) is 2.92. The lowest BCUT2D eigenvalue weighted by Crippen LogP contribution is -2.33. The molecule has 0 bridgehead atoms. The molecule has 0 aromatic heterocycles. The van der Waals surface area contributed by atoms with Crippen LogP contribution in [0.15, 0.2) is 84.9 Å². The van der Waals surface area contributed by atoms with Gasteiger partial charge in [-0.2, -0.15) is 0 Å². The fourth-order valence-electron chi connectivity index (χ4n) is 3.17. The van der Waals surface area contributed by atoms with Crippen LogP contribution in [0.3, 0.4) is 0 Å². The van der Waals surface area contributed by atoms with E-state index in [1.807, 2.05) is 43.4 Å². The maximum Gasteiger partial charge on any atom is 0.251 e. The number of sulfonamides is 1. The number of carbonyl (C=O) groups excluding carboxylic acids is 1. The maximum absolute atomic E-state index is 12.4. The quantitative estimate of drug-likeness (QED) is 0.556. The Morgan fingerprint density at radius 1 is 0.839 bits per heavy atom. The largest absolute Gasteiger partial charge is 0.373 e. The molecular weight excluding hydrogens is 410 g/mol. The van der Waals surface area contributed by atoms with Crippen molar-refractivity contribution < 1.29 is 13.2 Å². The van der Waals surface area contributed by atoms with Crippen LogP contribution >= 0.6 is 0 Å². The van der Waals surface area contributed by atoms with Crippen LogP contribution in [-0.4, -0.2) is 40.7 Å². The Kier molecular flexibility index (Phi) is 7.31. The van der Waals surface area contributed by atoms with E-state index in [0.717, 1.165) is 11.3 Å². The number of hydrogen-bond donors (Lipinski definition) is 1. The highest BCUT2D eigenvalue weighted by Gasteiger charge is 2.17. The van der Waals surface area contributed by atoms with Crippen LogP contribution in [0.1, 0.15) is 15.9 Å². The van der Waals surface area contributed by atoms with Gasteiger partial charge in [0.05, 0.1) is 18.5 Å². The lowest BCUT2D eigenvalue weighted by molar-refractivity contribution is 0.0954. The molecule has 0 radical (unpaired) electrons. The number of anilines is 2. The lowest BCUT2D eigenvalue weighted by Gasteiger charge is -2.22. The van der Waals surface area contributed by atoms with Gasteiger partial charge in [-0.15, -0.1) is 0 Å². The molecule has 3 rings (SSSR count). The molecule has 0 heterocycles. The Balaban J connectivity index is 1.58. The number of nitrogens with zero attached hydrogens (tertiary/aromatic N) is 2. The number of carbonyl (C=O) groups is 1. The van der Waals surface area contributed by atoms with Crippen LogP contribution < -0.4 is 14.5 Å². The molecule has 0 unspecified atom stereocenters. The second-order valence-corrected chi connectivity index (χ2v) is 9.22. The van der Waals surface area contributed by atoms with Crippen molar-refractivity contribution in [3.05, 3.63) is 96.1 Å². The summed E-state index contributed by atoms with van der Waals surface area (Å²) in [6, 6.07) is 25.9. The van der Waals surface area contributed by atoms with Crippen molar-refractivity contribution in [1.82, 2.24) is 5.32 Å². The normalized spacial score (nSPS) is 11.0. The second kappa shape index (κ2) is 10.1. The van der Waals surface area contributed by atoms with Gasteiger partial charge in [-0.25, -0.2) is 8.42 Å². The van der Waals surface area contributed by atoms with Crippen molar-refractivity contribution in [3.8, 4) is 0 Å². The highest BCUT2D eigenvalue weighted by Crippen LogP contribution is 2.20. The van der Waals surface area contributed by atoms with Gasteiger partial charge in [0.2, 0.25) is 10.0 Å². The third-order valence-electron chi connectivity index (χ3n) is 4.92. The van der Waals surface area contributed by atoms with Crippen molar-refractivity contribution >= 4 is 27.3 Å². The molecule has 0 saturated heterocycles. The molecule has 0 aliphatic rings. The van der Waals surface area contributed by atoms with Crippen LogP contribution in [0.5, 0.6) is 0 Å². The van der Waals surface area contributed by atoms with Crippen molar-refractivity contribution in [1.29, 1.82) is 0 Å². The van der Waals surface area contributed by atoms with E-state index in [1.165, 1.54) is 10.6 Å². The number of likely N-dealkylation sites (N-methyl/N-ethyl adjacent to an activating group) is 1. The fourth-order valence-corrected chi connectivity index (χ4v) is 4.06. The van der Waals surface area contributed by atoms with Crippen LogP contribution in [0.4, 0.5) is 11.4 Å². The van der Waals surface area contributed by atoms with Crippen LogP contribution in [-0.2, 0) is 16.6 Å². The SMILES string of the molecule is CN(CCNC(=O)c1ccc(CN(c2ccccc2)S(C)(=O)=O)cc1)c1ccccc1. The van der Waals surface area contributed by atoms with Gasteiger partial charge in [-0.3, -0.25) is 9.10 Å². The van der Waals surface area contributed by atoms with Crippen molar-refractivity contribution in [2.45, 2.75) is 6.54 Å². The zero-order chi connectivity index (χ0) is 22.3. The molecule has 162 valence electrons. The van der Waals surface area contributed by atoms with Gasteiger partial charge < -0.3 is 10.2 Å². The smallest absolute Gasteiger partial charge is 0.251 e. The molecule has 3 aromatic carbocycles. The molecule has 0 aliphatic carbocycles. The minimum atomic E-state index is -3.44. The summed E-state index contributed by atoms with van der Waals surface area (Å²) >= 11 is 0. The summed E-state index contributed by atoms with van der Waals surface area (Å²) in [6.07, 6.45) is 1.19. The molecule has 0 spiro atoms. The average Bonchev–Trinajstić information content (AvgIpc) is 2.78. The van der Waals surface area contributed by atoms with Gasteiger partial charge in [-0.05, 0) is 42.0 Å². The van der Waals surface area contributed by atoms with Gasteiger partial charge in [0.25, 0.3) is 5.91 Å². The molecule has 1 amide bonds. The van der Waals surface area contributed by atoms with E-state index in [2.05, 4.69) is 10.2 Å². The number of nitrogens with one attached hydrogen (secondary N) is 1. The zero-order valence-corrected chi connectivity index (χ0v) is 18.5. The summed E-state index contributed by atoms with van der Waals surface area (Å²) in [4.78, 5) is 14.5. The second-order valence-electron chi connectivity index (χ2n) is 7.32. The standard InChI is InChI=1S/C24H27N3O3S/c1-26(22-9-5-3-6-10-22)18-17-25-24(28)21-15-13-20(14-16-21)19-27(31(2,29)30)23-11-7-4-8-12-23/h3-16H,17-19H2,1-2H3,(H,25,28). The molecular formula is C24H27N3O3S. The summed E-state index contributed by atoms with van der Waals surface area (Å²) in [6.45, 7) is 1.41. The van der Waals surface area contributed by atoms with Gasteiger partial charge in [0.1, 0.15) is 0 Å². The monoisotopic (exact) mass is 437 g/mol. The van der Waals surface area contributed by atoms with Gasteiger partial charge in [0, 0.05) is 31.4 Å². The highest BCUT2D eigenvalue weighted by molar-refractivity contribution is 7.92. The Morgan fingerprint density at radius 2 is 1.39 bits per heavy atom. The summed E-state index contributed by atoms with van der Waals surface area (Å²) in [7, 11) is -1.45. The minimum Gasteiger partial charge on any atom is -0.373 e. The molecule has 1 N–H and O–H groups in total. The molecule has 0 fully saturated rings. The third kappa shape index (κ3) is 6.33. The van der Waals surface area contributed by atoms with Crippen molar-refractivity contribution in [2.24, 2.45) is 0 Å². The first-order valence-electron chi connectivity index (χ1n) is 10.0. The molecule has 0 saturated carbocycles. The van der Waals surface area contributed by atoms with E-state index in [0.29, 0.717) is 24.3 Å². The Bertz CT molecular complexity index is 1090. The Hall–Kier alpha value is -3.32. The molecule has 6 nitrogen and oxygen atoms in total. The van der Waals surface area contributed by atoms with E-state index in [1.54, 1.807) is 48.5 Å². The first-order chi connectivity index (χ1) is 14.8. The molecule has 7 heteroatoms. The average molecular weight is 438 g/mol. The van der Waals surface area contributed by atoms with Crippen LogP contribution in [0.25, 0.3) is 0 Å². The predicted octanol–water partition coefficient (Wildman–Crippen LogP) is 3.52. The van der Waals surface area contributed by atoms with Gasteiger partial charge >= 0.3 is 0 Å². The van der Waals surface area contributed by atoms with Gasteiger partial charge in [-0.1, -0.05) is 48.5 Å². The van der Waals surface area contributed by atoms with Gasteiger partial charge in [0.15, 0.2) is 0 Å². The van der Waals surface area contributed by atoms with E-state index >= 15 is 0 Å². The van der Waals surface area contributed by atoms with E-state index in [-0.39, 0.29) is 12.5 Å². The van der Waals surface area contributed by atoms with Crippen LogP contribution in [0, 0.1) is 0 Å². The maximum atomic E-state index is 12.4. The Labute approximate surface area is 184 Å². The third-order valence-corrected chi connectivity index (χ3v) is 6.06. The van der Waals surface area contributed by atoms with Crippen LogP contribution in [0.2, 0.25) is 0 Å². The number of rotatable bonds is 9. The lowest BCUT2D eigenvalue weighted by atomic mass is 10.1. The predicted molar refractivity (Wildman–Crippen MR) is 126 cm³/mol. The fraction of sp³-hybridized carbons (Fsp3) is 0.208. The molecule has 0 atom stereocenters. The number of para-hydroxylation sites is 2. The summed E-state index contributed by atoms with van der Waals surface area (Å²) in [5.74, 6) is -0.156. The minimum absolute atomic E-state index is 0.156.